The van der Waals surface area contributed by atoms with Gasteiger partial charge in [-0.1, -0.05) is 38.5 Å². The third kappa shape index (κ3) is 3.34. The first kappa shape index (κ1) is 15.8. The van der Waals surface area contributed by atoms with Crippen LogP contribution in [0.25, 0.3) is 0 Å². The van der Waals surface area contributed by atoms with E-state index in [1.54, 1.807) is 0 Å². The number of nitrogens with zero attached hydrogens (tertiary/aromatic N) is 1. The average molecular weight is 282 g/mol. The van der Waals surface area contributed by atoms with Crippen LogP contribution in [0.5, 0.6) is 0 Å². The average Bonchev–Trinajstić information content (AvgIpc) is 2.87. The van der Waals surface area contributed by atoms with E-state index in [9.17, 15) is 9.90 Å². The van der Waals surface area contributed by atoms with Gasteiger partial charge in [-0.25, -0.2) is 0 Å². The number of aliphatic hydroxyl groups is 1. The van der Waals surface area contributed by atoms with Crippen LogP contribution in [0.3, 0.4) is 0 Å². The lowest BCUT2D eigenvalue weighted by molar-refractivity contribution is -0.146. The SMILES string of the molecule is NCC1(C(=O)N2CCCCCC2CO)CCCCCC1. The molecule has 1 atom stereocenters. The Kier molecular flexibility index (Phi) is 5.85. The molecule has 2 fully saturated rings. The molecule has 0 radical (unpaired) electrons. The number of hydrogen-bond acceptors (Lipinski definition) is 3. The van der Waals surface area contributed by atoms with Crippen LogP contribution in [-0.4, -0.2) is 41.7 Å². The maximum absolute atomic E-state index is 13.1. The van der Waals surface area contributed by atoms with Crippen molar-refractivity contribution >= 4 is 5.91 Å². The van der Waals surface area contributed by atoms with E-state index in [4.69, 9.17) is 5.73 Å². The molecule has 116 valence electrons. The van der Waals surface area contributed by atoms with Gasteiger partial charge in [0.2, 0.25) is 5.91 Å². The Bertz CT molecular complexity index is 312. The maximum atomic E-state index is 13.1. The number of nitrogens with two attached hydrogens (primary N) is 1. The Morgan fingerprint density at radius 3 is 2.35 bits per heavy atom. The third-order valence-corrected chi connectivity index (χ3v) is 5.25. The number of aliphatic hydroxyl groups excluding tert-OH is 1. The molecule has 0 spiro atoms. The van der Waals surface area contributed by atoms with Crippen LogP contribution in [0.15, 0.2) is 0 Å². The molecule has 4 nitrogen and oxygen atoms in total. The molecule has 3 N–H and O–H groups in total. The first-order valence-corrected chi connectivity index (χ1v) is 8.35. The quantitative estimate of drug-likeness (QED) is 0.779. The van der Waals surface area contributed by atoms with Gasteiger partial charge in [0.15, 0.2) is 0 Å². The molecular weight excluding hydrogens is 252 g/mol. The van der Waals surface area contributed by atoms with Gasteiger partial charge in [-0.2, -0.15) is 0 Å². The predicted molar refractivity (Wildman–Crippen MR) is 80.2 cm³/mol. The van der Waals surface area contributed by atoms with Crippen LogP contribution < -0.4 is 5.73 Å². The summed E-state index contributed by atoms with van der Waals surface area (Å²) in [7, 11) is 0. The van der Waals surface area contributed by atoms with Gasteiger partial charge in [0.1, 0.15) is 0 Å². The summed E-state index contributed by atoms with van der Waals surface area (Å²) in [6.07, 6.45) is 10.8. The van der Waals surface area contributed by atoms with Crippen molar-refractivity contribution in [1.29, 1.82) is 0 Å². The van der Waals surface area contributed by atoms with E-state index in [0.717, 1.165) is 57.9 Å². The van der Waals surface area contributed by atoms with Crippen molar-refractivity contribution in [3.05, 3.63) is 0 Å². The fourth-order valence-electron chi connectivity index (χ4n) is 3.85. The van der Waals surface area contributed by atoms with E-state index in [-0.39, 0.29) is 24.0 Å². The highest BCUT2D eigenvalue weighted by molar-refractivity contribution is 5.83. The lowest BCUT2D eigenvalue weighted by Gasteiger charge is -2.39. The van der Waals surface area contributed by atoms with Crippen LogP contribution in [0.1, 0.15) is 64.2 Å². The Morgan fingerprint density at radius 1 is 1.10 bits per heavy atom. The molecule has 1 heterocycles. The molecule has 1 unspecified atom stereocenters. The maximum Gasteiger partial charge on any atom is 0.230 e. The first-order chi connectivity index (χ1) is 9.73. The minimum absolute atomic E-state index is 0.0108. The molecule has 0 aromatic carbocycles. The van der Waals surface area contributed by atoms with E-state index < -0.39 is 0 Å². The van der Waals surface area contributed by atoms with Crippen LogP contribution in [-0.2, 0) is 4.79 Å². The molecule has 1 saturated heterocycles. The number of carbonyl (C=O) groups is 1. The topological polar surface area (TPSA) is 66.6 Å². The summed E-state index contributed by atoms with van der Waals surface area (Å²) in [6, 6.07) is 0.0108. The highest BCUT2D eigenvalue weighted by Crippen LogP contribution is 2.37. The zero-order valence-electron chi connectivity index (χ0n) is 12.6. The smallest absolute Gasteiger partial charge is 0.230 e. The van der Waals surface area contributed by atoms with Crippen LogP contribution in [0.4, 0.5) is 0 Å². The van der Waals surface area contributed by atoms with Crippen LogP contribution in [0, 0.1) is 5.41 Å². The van der Waals surface area contributed by atoms with E-state index in [1.165, 1.54) is 12.8 Å². The molecule has 2 aliphatic rings. The number of hydrogen-bond donors (Lipinski definition) is 2. The Morgan fingerprint density at radius 2 is 1.75 bits per heavy atom. The molecular formula is C16H30N2O2. The molecule has 0 bridgehead atoms. The molecule has 0 aromatic heterocycles. The molecule has 0 aromatic rings. The van der Waals surface area contributed by atoms with Gasteiger partial charge in [0, 0.05) is 13.1 Å². The molecule has 20 heavy (non-hydrogen) atoms. The van der Waals surface area contributed by atoms with Crippen molar-refractivity contribution in [3.63, 3.8) is 0 Å². The summed E-state index contributed by atoms with van der Waals surface area (Å²) in [6.45, 7) is 1.35. The fourth-order valence-corrected chi connectivity index (χ4v) is 3.85. The van der Waals surface area contributed by atoms with E-state index >= 15 is 0 Å². The lowest BCUT2D eigenvalue weighted by Crippen LogP contribution is -2.52. The van der Waals surface area contributed by atoms with Gasteiger partial charge in [0.25, 0.3) is 0 Å². The van der Waals surface area contributed by atoms with Crippen molar-refractivity contribution in [3.8, 4) is 0 Å². The van der Waals surface area contributed by atoms with Crippen molar-refractivity contribution in [2.75, 3.05) is 19.7 Å². The zero-order valence-corrected chi connectivity index (χ0v) is 12.6. The largest absolute Gasteiger partial charge is 0.394 e. The Labute approximate surface area is 122 Å². The second-order valence-electron chi connectivity index (χ2n) is 6.58. The van der Waals surface area contributed by atoms with Gasteiger partial charge < -0.3 is 15.7 Å². The summed E-state index contributed by atoms with van der Waals surface area (Å²) >= 11 is 0. The van der Waals surface area contributed by atoms with E-state index in [1.807, 2.05) is 4.90 Å². The van der Waals surface area contributed by atoms with Gasteiger partial charge in [-0.15, -0.1) is 0 Å². The van der Waals surface area contributed by atoms with Gasteiger partial charge >= 0.3 is 0 Å². The molecule has 1 amide bonds. The molecule has 1 aliphatic heterocycles. The summed E-state index contributed by atoms with van der Waals surface area (Å²) in [5.74, 6) is 0.225. The second kappa shape index (κ2) is 7.41. The Hall–Kier alpha value is -0.610. The van der Waals surface area contributed by atoms with Crippen LogP contribution >= 0.6 is 0 Å². The van der Waals surface area contributed by atoms with Crippen molar-refractivity contribution in [2.45, 2.75) is 70.3 Å². The number of carbonyl (C=O) groups excluding carboxylic acids is 1. The van der Waals surface area contributed by atoms with Gasteiger partial charge in [0.05, 0.1) is 18.1 Å². The van der Waals surface area contributed by atoms with E-state index in [0.29, 0.717) is 6.54 Å². The minimum Gasteiger partial charge on any atom is -0.394 e. The van der Waals surface area contributed by atoms with Crippen molar-refractivity contribution in [2.24, 2.45) is 11.1 Å². The number of likely N-dealkylation sites (tertiary alicyclic amines) is 1. The summed E-state index contributed by atoms with van der Waals surface area (Å²) in [5.41, 5.74) is 5.68. The second-order valence-corrected chi connectivity index (χ2v) is 6.58. The molecule has 1 saturated carbocycles. The van der Waals surface area contributed by atoms with Crippen molar-refractivity contribution < 1.29 is 9.90 Å². The highest BCUT2D eigenvalue weighted by atomic mass is 16.3. The normalized spacial score (nSPS) is 27.7. The van der Waals surface area contributed by atoms with Gasteiger partial charge in [-0.05, 0) is 25.7 Å². The fraction of sp³-hybridized carbons (Fsp3) is 0.938. The number of rotatable bonds is 3. The third-order valence-electron chi connectivity index (χ3n) is 5.25. The lowest BCUT2D eigenvalue weighted by atomic mass is 9.78. The molecule has 2 rings (SSSR count). The van der Waals surface area contributed by atoms with Gasteiger partial charge in [-0.3, -0.25) is 4.79 Å². The zero-order chi connectivity index (χ0) is 14.4. The number of amides is 1. The summed E-state index contributed by atoms with van der Waals surface area (Å²) < 4.78 is 0. The van der Waals surface area contributed by atoms with Crippen molar-refractivity contribution in [1.82, 2.24) is 4.90 Å². The van der Waals surface area contributed by atoms with Crippen LogP contribution in [0.2, 0.25) is 0 Å². The molecule has 1 aliphatic carbocycles. The first-order valence-electron chi connectivity index (χ1n) is 8.35. The summed E-state index contributed by atoms with van der Waals surface area (Å²) in [4.78, 5) is 15.1. The predicted octanol–water partition coefficient (Wildman–Crippen LogP) is 2.05. The van der Waals surface area contributed by atoms with E-state index in [2.05, 4.69) is 0 Å². The monoisotopic (exact) mass is 282 g/mol. The highest BCUT2D eigenvalue weighted by Gasteiger charge is 2.41. The minimum atomic E-state index is -0.353. The Balaban J connectivity index is 2.16. The summed E-state index contributed by atoms with van der Waals surface area (Å²) in [5, 5.41) is 9.62. The molecule has 4 heteroatoms. The standard InChI is InChI=1S/C16H30N2O2/c17-13-16(9-5-1-2-6-10-16)15(20)18-11-7-3-4-8-14(18)12-19/h14,19H,1-13,17H2.